The molecule has 3 rings (SSSR count). The smallest absolute Gasteiger partial charge is 0.225 e. The first-order valence-corrected chi connectivity index (χ1v) is 7.64. The molecule has 0 radical (unpaired) electrons. The van der Waals surface area contributed by atoms with Gasteiger partial charge < -0.3 is 4.74 Å². The highest BCUT2D eigenvalue weighted by Crippen LogP contribution is 2.32. The number of rotatable bonds is 5. The van der Waals surface area contributed by atoms with Gasteiger partial charge in [0.25, 0.3) is 0 Å². The van der Waals surface area contributed by atoms with Gasteiger partial charge in [0, 0.05) is 24.0 Å². The summed E-state index contributed by atoms with van der Waals surface area (Å²) in [4.78, 5) is 4.39. The third kappa shape index (κ3) is 2.56. The van der Waals surface area contributed by atoms with Gasteiger partial charge in [0.05, 0.1) is 23.2 Å². The van der Waals surface area contributed by atoms with Crippen molar-refractivity contribution in [1.29, 1.82) is 0 Å². The zero-order valence-electron chi connectivity index (χ0n) is 13.4. The van der Waals surface area contributed by atoms with Gasteiger partial charge in [-0.15, -0.1) is 0 Å². The van der Waals surface area contributed by atoms with Crippen molar-refractivity contribution in [3.63, 3.8) is 0 Å². The summed E-state index contributed by atoms with van der Waals surface area (Å²) in [7, 11) is 0. The molecule has 0 amide bonds. The van der Waals surface area contributed by atoms with Gasteiger partial charge in [0.15, 0.2) is 0 Å². The van der Waals surface area contributed by atoms with Crippen molar-refractivity contribution in [1.82, 2.24) is 25.0 Å². The molecule has 22 heavy (non-hydrogen) atoms. The van der Waals surface area contributed by atoms with E-state index in [1.807, 2.05) is 30.1 Å². The Morgan fingerprint density at radius 2 is 2.14 bits per heavy atom. The second kappa shape index (κ2) is 5.79. The zero-order chi connectivity index (χ0) is 15.7. The molecule has 116 valence electrons. The van der Waals surface area contributed by atoms with Crippen molar-refractivity contribution < 1.29 is 4.74 Å². The average Bonchev–Trinajstić information content (AvgIpc) is 3.13. The zero-order valence-corrected chi connectivity index (χ0v) is 13.4. The van der Waals surface area contributed by atoms with Crippen LogP contribution in [0.15, 0.2) is 24.7 Å². The first-order chi connectivity index (χ1) is 10.6. The number of hydrogen-bond acceptors (Lipinski definition) is 4. The molecular weight excluding hydrogens is 278 g/mol. The van der Waals surface area contributed by atoms with Gasteiger partial charge in [-0.2, -0.15) is 10.2 Å². The standard InChI is InChI=1S/C16H21N5O/c1-5-11(4)22-16-14-13(6-7-17-16)19-20-15(14)12-8-18-21(9-12)10(2)3/h6-11H,5H2,1-4H3,(H,19,20). The quantitative estimate of drug-likeness (QED) is 0.782. The van der Waals surface area contributed by atoms with E-state index in [-0.39, 0.29) is 6.10 Å². The van der Waals surface area contributed by atoms with Crippen molar-refractivity contribution in [2.75, 3.05) is 0 Å². The van der Waals surface area contributed by atoms with Crippen LogP contribution < -0.4 is 4.74 Å². The molecule has 0 saturated carbocycles. The molecule has 0 aliphatic rings. The predicted molar refractivity (Wildman–Crippen MR) is 85.9 cm³/mol. The van der Waals surface area contributed by atoms with Crippen LogP contribution in [0.2, 0.25) is 0 Å². The summed E-state index contributed by atoms with van der Waals surface area (Å²) in [5, 5.41) is 12.8. The molecule has 1 atom stereocenters. The maximum atomic E-state index is 5.95. The largest absolute Gasteiger partial charge is 0.474 e. The lowest BCUT2D eigenvalue weighted by Gasteiger charge is -2.12. The first-order valence-electron chi connectivity index (χ1n) is 7.64. The Morgan fingerprint density at radius 1 is 1.32 bits per heavy atom. The van der Waals surface area contributed by atoms with Gasteiger partial charge in [0.1, 0.15) is 5.69 Å². The molecule has 6 nitrogen and oxygen atoms in total. The van der Waals surface area contributed by atoms with Crippen LogP contribution in [0.5, 0.6) is 5.88 Å². The number of pyridine rings is 1. The van der Waals surface area contributed by atoms with Crippen molar-refractivity contribution in [3.05, 3.63) is 24.7 Å². The maximum absolute atomic E-state index is 5.95. The third-order valence-corrected chi connectivity index (χ3v) is 3.73. The van der Waals surface area contributed by atoms with Gasteiger partial charge in [0.2, 0.25) is 5.88 Å². The summed E-state index contributed by atoms with van der Waals surface area (Å²) in [5.74, 6) is 0.618. The van der Waals surface area contributed by atoms with Gasteiger partial charge in [-0.3, -0.25) is 9.78 Å². The molecule has 1 N–H and O–H groups in total. The highest BCUT2D eigenvalue weighted by Gasteiger charge is 2.17. The van der Waals surface area contributed by atoms with E-state index in [0.717, 1.165) is 28.6 Å². The molecule has 3 heterocycles. The minimum Gasteiger partial charge on any atom is -0.474 e. The maximum Gasteiger partial charge on any atom is 0.225 e. The van der Waals surface area contributed by atoms with E-state index in [1.165, 1.54) is 0 Å². The number of aromatic nitrogens is 5. The van der Waals surface area contributed by atoms with Crippen LogP contribution in [0.1, 0.15) is 40.2 Å². The molecule has 0 spiro atoms. The number of nitrogens with zero attached hydrogens (tertiary/aromatic N) is 4. The topological polar surface area (TPSA) is 68.6 Å². The fourth-order valence-electron chi connectivity index (χ4n) is 2.25. The number of aromatic amines is 1. The van der Waals surface area contributed by atoms with Crippen molar-refractivity contribution in [2.45, 2.75) is 46.3 Å². The van der Waals surface area contributed by atoms with Crippen molar-refractivity contribution in [2.24, 2.45) is 0 Å². The lowest BCUT2D eigenvalue weighted by atomic mass is 10.1. The normalized spacial score (nSPS) is 13.0. The molecule has 0 saturated heterocycles. The van der Waals surface area contributed by atoms with E-state index in [1.54, 1.807) is 6.20 Å². The highest BCUT2D eigenvalue weighted by atomic mass is 16.5. The fraction of sp³-hybridized carbons (Fsp3) is 0.438. The van der Waals surface area contributed by atoms with Gasteiger partial charge in [-0.25, -0.2) is 4.98 Å². The Kier molecular flexibility index (Phi) is 3.83. The van der Waals surface area contributed by atoms with Gasteiger partial charge in [-0.1, -0.05) is 6.92 Å². The Morgan fingerprint density at radius 3 is 2.82 bits per heavy atom. The van der Waals surface area contributed by atoms with Crippen LogP contribution in [-0.4, -0.2) is 31.1 Å². The second-order valence-electron chi connectivity index (χ2n) is 5.75. The molecule has 0 aliphatic carbocycles. The van der Waals surface area contributed by atoms with Crippen LogP contribution in [0.25, 0.3) is 22.2 Å². The number of H-pyrrole nitrogens is 1. The van der Waals surface area contributed by atoms with Crippen molar-refractivity contribution >= 4 is 10.9 Å². The Labute approximate surface area is 129 Å². The summed E-state index contributed by atoms with van der Waals surface area (Å²) in [6.45, 7) is 8.32. The predicted octanol–water partition coefficient (Wildman–Crippen LogP) is 3.58. The second-order valence-corrected chi connectivity index (χ2v) is 5.75. The monoisotopic (exact) mass is 299 g/mol. The minimum atomic E-state index is 0.110. The molecule has 0 bridgehead atoms. The van der Waals surface area contributed by atoms with Gasteiger partial charge >= 0.3 is 0 Å². The van der Waals surface area contributed by atoms with Gasteiger partial charge in [-0.05, 0) is 33.3 Å². The van der Waals surface area contributed by atoms with E-state index in [4.69, 9.17) is 4.74 Å². The fourth-order valence-corrected chi connectivity index (χ4v) is 2.25. The van der Waals surface area contributed by atoms with Crippen molar-refractivity contribution in [3.8, 4) is 17.1 Å². The van der Waals surface area contributed by atoms with Crippen LogP contribution >= 0.6 is 0 Å². The summed E-state index contributed by atoms with van der Waals surface area (Å²) in [5.41, 5.74) is 2.70. The highest BCUT2D eigenvalue weighted by molar-refractivity contribution is 5.96. The first kappa shape index (κ1) is 14.6. The van der Waals surface area contributed by atoms with E-state index >= 15 is 0 Å². The average molecular weight is 299 g/mol. The summed E-state index contributed by atoms with van der Waals surface area (Å²) >= 11 is 0. The van der Waals surface area contributed by atoms with Crippen LogP contribution in [0.4, 0.5) is 0 Å². The molecule has 0 fully saturated rings. The molecule has 1 unspecified atom stereocenters. The summed E-state index contributed by atoms with van der Waals surface area (Å²) in [6.07, 6.45) is 6.60. The molecular formula is C16H21N5O. The number of fused-ring (bicyclic) bond motifs is 1. The number of ether oxygens (including phenoxy) is 1. The summed E-state index contributed by atoms with van der Waals surface area (Å²) in [6, 6.07) is 2.22. The SMILES string of the molecule is CCC(C)Oc1nccc2[nH]nc(-c3cnn(C(C)C)c3)c12. The van der Waals surface area contributed by atoms with E-state index in [0.29, 0.717) is 11.9 Å². The summed E-state index contributed by atoms with van der Waals surface area (Å²) < 4.78 is 7.87. The van der Waals surface area contributed by atoms with E-state index in [2.05, 4.69) is 41.1 Å². The molecule has 6 heteroatoms. The third-order valence-electron chi connectivity index (χ3n) is 3.73. The van der Waals surface area contributed by atoms with Crippen LogP contribution in [-0.2, 0) is 0 Å². The number of hydrogen-bond donors (Lipinski definition) is 1. The Hall–Kier alpha value is -2.37. The molecule has 3 aromatic heterocycles. The van der Waals surface area contributed by atoms with Crippen LogP contribution in [0, 0.1) is 0 Å². The Bertz CT molecular complexity index is 774. The van der Waals surface area contributed by atoms with Crippen LogP contribution in [0.3, 0.4) is 0 Å². The molecule has 0 aliphatic heterocycles. The molecule has 0 aromatic carbocycles. The lowest BCUT2D eigenvalue weighted by molar-refractivity contribution is 0.212. The van der Waals surface area contributed by atoms with E-state index in [9.17, 15) is 0 Å². The van der Waals surface area contributed by atoms with E-state index < -0.39 is 0 Å². The molecule has 3 aromatic rings. The lowest BCUT2D eigenvalue weighted by Crippen LogP contribution is -2.10. The minimum absolute atomic E-state index is 0.110. The Balaban J connectivity index is 2.09. The number of nitrogens with one attached hydrogen (secondary N) is 1.